The lowest BCUT2D eigenvalue weighted by Crippen LogP contribution is -2.36. The lowest BCUT2D eigenvalue weighted by atomic mass is 10.4. The van der Waals surface area contributed by atoms with Gasteiger partial charge in [-0.05, 0) is 12.8 Å². The molecule has 1 heterocycles. The van der Waals surface area contributed by atoms with E-state index < -0.39 is 0 Å². The number of urea groups is 1. The summed E-state index contributed by atoms with van der Waals surface area (Å²) < 4.78 is 0. The van der Waals surface area contributed by atoms with Crippen molar-refractivity contribution in [1.29, 1.82) is 0 Å². The van der Waals surface area contributed by atoms with Crippen LogP contribution in [0, 0.1) is 0 Å². The first-order valence-electron chi connectivity index (χ1n) is 4.36. The highest BCUT2D eigenvalue weighted by molar-refractivity contribution is 5.74. The van der Waals surface area contributed by atoms with Crippen molar-refractivity contribution in [3.8, 4) is 0 Å². The first-order valence-corrected chi connectivity index (χ1v) is 4.36. The zero-order valence-electron chi connectivity index (χ0n) is 7.21. The number of H-pyrrole nitrogens is 1. The average molecular weight is 180 g/mol. The normalized spacial score (nSPS) is 15.4. The highest BCUT2D eigenvalue weighted by Gasteiger charge is 2.22. The summed E-state index contributed by atoms with van der Waals surface area (Å²) in [6.45, 7) is 0.523. The van der Waals surface area contributed by atoms with Crippen molar-refractivity contribution < 1.29 is 4.79 Å². The van der Waals surface area contributed by atoms with E-state index in [-0.39, 0.29) is 6.03 Å². The average Bonchev–Trinajstić information content (AvgIpc) is 2.78. The monoisotopic (exact) mass is 180 g/mol. The number of hydrogen-bond donors (Lipinski definition) is 3. The fourth-order valence-corrected chi connectivity index (χ4v) is 1.02. The Kier molecular flexibility index (Phi) is 2.16. The molecule has 0 bridgehead atoms. The Hall–Kier alpha value is -1.52. The molecule has 1 aromatic heterocycles. The summed E-state index contributed by atoms with van der Waals surface area (Å²) in [4.78, 5) is 11.1. The lowest BCUT2D eigenvalue weighted by molar-refractivity contribution is 0.240. The second kappa shape index (κ2) is 3.47. The third kappa shape index (κ3) is 2.47. The molecule has 2 rings (SSSR count). The van der Waals surface area contributed by atoms with Crippen molar-refractivity contribution in [2.45, 2.75) is 25.4 Å². The van der Waals surface area contributed by atoms with Gasteiger partial charge in [-0.25, -0.2) is 4.79 Å². The zero-order valence-corrected chi connectivity index (χ0v) is 7.21. The van der Waals surface area contributed by atoms with Crippen LogP contribution in [-0.4, -0.2) is 22.3 Å². The van der Waals surface area contributed by atoms with E-state index in [2.05, 4.69) is 20.8 Å². The molecule has 0 spiro atoms. The Morgan fingerprint density at radius 2 is 2.54 bits per heavy atom. The Morgan fingerprint density at radius 1 is 1.69 bits per heavy atom. The topological polar surface area (TPSA) is 69.8 Å². The van der Waals surface area contributed by atoms with Crippen molar-refractivity contribution in [3.05, 3.63) is 18.0 Å². The van der Waals surface area contributed by atoms with E-state index in [1.54, 1.807) is 12.4 Å². The molecule has 1 aliphatic carbocycles. The van der Waals surface area contributed by atoms with Gasteiger partial charge in [-0.3, -0.25) is 5.10 Å². The van der Waals surface area contributed by atoms with E-state index >= 15 is 0 Å². The van der Waals surface area contributed by atoms with E-state index in [4.69, 9.17) is 0 Å². The predicted octanol–water partition coefficient (Wildman–Crippen LogP) is 0.371. The molecule has 0 atom stereocenters. The number of nitrogens with zero attached hydrogens (tertiary/aromatic N) is 1. The van der Waals surface area contributed by atoms with Crippen LogP contribution < -0.4 is 10.6 Å². The molecule has 13 heavy (non-hydrogen) atoms. The van der Waals surface area contributed by atoms with Crippen LogP contribution in [0.2, 0.25) is 0 Å². The number of aromatic amines is 1. The SMILES string of the molecule is O=C(NCc1cn[nH]c1)NC1CC1. The van der Waals surface area contributed by atoms with Gasteiger partial charge in [0, 0.05) is 24.3 Å². The standard InChI is InChI=1S/C8H12N4O/c13-8(12-7-1-2-7)9-3-6-4-10-11-5-6/h4-5,7H,1-3H2,(H,10,11)(H2,9,12,13). The molecule has 1 saturated carbocycles. The first kappa shape index (κ1) is 8.10. The number of carbonyl (C=O) groups is 1. The number of amides is 2. The van der Waals surface area contributed by atoms with Crippen LogP contribution in [0.1, 0.15) is 18.4 Å². The molecule has 0 unspecified atom stereocenters. The van der Waals surface area contributed by atoms with Crippen molar-refractivity contribution >= 4 is 6.03 Å². The van der Waals surface area contributed by atoms with Gasteiger partial charge >= 0.3 is 6.03 Å². The second-order valence-corrected chi connectivity index (χ2v) is 3.21. The molecule has 0 aliphatic heterocycles. The zero-order chi connectivity index (χ0) is 9.10. The van der Waals surface area contributed by atoms with Crippen molar-refractivity contribution in [3.63, 3.8) is 0 Å². The van der Waals surface area contributed by atoms with Gasteiger partial charge in [0.1, 0.15) is 0 Å². The van der Waals surface area contributed by atoms with Gasteiger partial charge in [-0.15, -0.1) is 0 Å². The van der Waals surface area contributed by atoms with E-state index in [1.807, 2.05) is 0 Å². The van der Waals surface area contributed by atoms with Gasteiger partial charge < -0.3 is 10.6 Å². The Labute approximate surface area is 75.9 Å². The molecule has 5 nitrogen and oxygen atoms in total. The van der Waals surface area contributed by atoms with E-state index in [0.29, 0.717) is 12.6 Å². The summed E-state index contributed by atoms with van der Waals surface area (Å²) in [6, 6.07) is 0.313. The minimum atomic E-state index is -0.0938. The summed E-state index contributed by atoms with van der Waals surface area (Å²) in [5.74, 6) is 0. The van der Waals surface area contributed by atoms with Crippen LogP contribution in [0.4, 0.5) is 4.79 Å². The molecule has 0 radical (unpaired) electrons. The maximum absolute atomic E-state index is 11.1. The van der Waals surface area contributed by atoms with Crippen LogP contribution in [0.25, 0.3) is 0 Å². The summed E-state index contributed by atoms with van der Waals surface area (Å²) in [5.41, 5.74) is 0.978. The highest BCUT2D eigenvalue weighted by Crippen LogP contribution is 2.18. The minimum Gasteiger partial charge on any atom is -0.335 e. The largest absolute Gasteiger partial charge is 0.335 e. The van der Waals surface area contributed by atoms with Crippen LogP contribution in [0.3, 0.4) is 0 Å². The quantitative estimate of drug-likeness (QED) is 0.629. The van der Waals surface area contributed by atoms with Crippen molar-refractivity contribution in [2.24, 2.45) is 0 Å². The van der Waals surface area contributed by atoms with Gasteiger partial charge in [-0.2, -0.15) is 5.10 Å². The predicted molar refractivity (Wildman–Crippen MR) is 47.0 cm³/mol. The summed E-state index contributed by atoms with van der Waals surface area (Å²) >= 11 is 0. The molecule has 70 valence electrons. The first-order chi connectivity index (χ1) is 6.34. The Balaban J connectivity index is 1.69. The van der Waals surface area contributed by atoms with Gasteiger partial charge in [0.05, 0.1) is 6.20 Å². The van der Waals surface area contributed by atoms with Gasteiger partial charge in [0.25, 0.3) is 0 Å². The summed E-state index contributed by atoms with van der Waals surface area (Å²) in [6.07, 6.45) is 5.67. The molecule has 0 saturated heterocycles. The number of rotatable bonds is 3. The molecule has 0 aromatic carbocycles. The lowest BCUT2D eigenvalue weighted by Gasteiger charge is -2.03. The van der Waals surface area contributed by atoms with Crippen LogP contribution in [0.5, 0.6) is 0 Å². The van der Waals surface area contributed by atoms with Crippen LogP contribution >= 0.6 is 0 Å². The molecule has 1 aromatic rings. The third-order valence-corrected chi connectivity index (χ3v) is 1.92. The summed E-state index contributed by atoms with van der Waals surface area (Å²) in [5, 5.41) is 12.0. The fourth-order valence-electron chi connectivity index (χ4n) is 1.02. The van der Waals surface area contributed by atoms with Crippen LogP contribution in [0.15, 0.2) is 12.4 Å². The summed E-state index contributed by atoms with van der Waals surface area (Å²) in [7, 11) is 0. The molecule has 1 fully saturated rings. The molecule has 3 N–H and O–H groups in total. The number of carbonyl (C=O) groups excluding carboxylic acids is 1. The third-order valence-electron chi connectivity index (χ3n) is 1.92. The van der Waals surface area contributed by atoms with Crippen molar-refractivity contribution in [1.82, 2.24) is 20.8 Å². The molecular weight excluding hydrogens is 168 g/mol. The van der Waals surface area contributed by atoms with Crippen LogP contribution in [-0.2, 0) is 6.54 Å². The number of aromatic nitrogens is 2. The molecule has 5 heteroatoms. The number of hydrogen-bond acceptors (Lipinski definition) is 2. The van der Waals surface area contributed by atoms with Gasteiger partial charge in [0.2, 0.25) is 0 Å². The van der Waals surface area contributed by atoms with E-state index in [1.165, 1.54) is 0 Å². The second-order valence-electron chi connectivity index (χ2n) is 3.21. The molecule has 2 amide bonds. The minimum absolute atomic E-state index is 0.0938. The number of nitrogens with one attached hydrogen (secondary N) is 3. The maximum Gasteiger partial charge on any atom is 0.315 e. The highest BCUT2D eigenvalue weighted by atomic mass is 16.2. The van der Waals surface area contributed by atoms with Gasteiger partial charge in [-0.1, -0.05) is 0 Å². The Bertz CT molecular complexity index is 278. The Morgan fingerprint density at radius 3 is 3.15 bits per heavy atom. The molecular formula is C8H12N4O. The smallest absolute Gasteiger partial charge is 0.315 e. The van der Waals surface area contributed by atoms with E-state index in [9.17, 15) is 4.79 Å². The van der Waals surface area contributed by atoms with E-state index in [0.717, 1.165) is 18.4 Å². The van der Waals surface area contributed by atoms with Gasteiger partial charge in [0.15, 0.2) is 0 Å². The fraction of sp³-hybridized carbons (Fsp3) is 0.500. The maximum atomic E-state index is 11.1. The van der Waals surface area contributed by atoms with Crippen molar-refractivity contribution in [2.75, 3.05) is 0 Å². The molecule has 1 aliphatic rings.